The average molecular weight is 689 g/mol. The molecule has 6 nitrogen and oxygen atoms in total. The lowest BCUT2D eigenvalue weighted by Gasteiger charge is -2.24. The van der Waals surface area contributed by atoms with Gasteiger partial charge in [-0.25, -0.2) is 0 Å². The Kier molecular flexibility index (Phi) is 10.4. The molecule has 49 heavy (non-hydrogen) atoms. The van der Waals surface area contributed by atoms with Gasteiger partial charge in [-0.15, -0.1) is 11.3 Å². The zero-order valence-corrected chi connectivity index (χ0v) is 29.2. The first-order chi connectivity index (χ1) is 23.8. The lowest BCUT2D eigenvalue weighted by Crippen LogP contribution is -2.30. The molecule has 248 valence electrons. The zero-order valence-electron chi connectivity index (χ0n) is 27.5. The van der Waals surface area contributed by atoms with E-state index in [0.717, 1.165) is 29.6 Å². The second kappa shape index (κ2) is 15.0. The van der Waals surface area contributed by atoms with Gasteiger partial charge >= 0.3 is 11.9 Å². The molecule has 0 saturated carbocycles. The average Bonchev–Trinajstić information content (AvgIpc) is 3.12. The summed E-state index contributed by atoms with van der Waals surface area (Å²) in [5.41, 5.74) is 2.97. The van der Waals surface area contributed by atoms with Crippen LogP contribution in [-0.2, 0) is 25.5 Å². The second-order valence-electron chi connectivity index (χ2n) is 11.6. The van der Waals surface area contributed by atoms with Crippen molar-refractivity contribution in [2.24, 2.45) is 5.92 Å². The fraction of sp³-hybridized carbons (Fsp3) is 0.171. The second-order valence-corrected chi connectivity index (χ2v) is 14.9. The van der Waals surface area contributed by atoms with Crippen molar-refractivity contribution in [3.05, 3.63) is 148 Å². The van der Waals surface area contributed by atoms with Crippen LogP contribution in [0.2, 0.25) is 0 Å². The quantitative estimate of drug-likeness (QED) is 0.0482. The minimum Gasteiger partial charge on any atom is -0.465 e. The Labute approximate surface area is 291 Å². The predicted octanol–water partition coefficient (Wildman–Crippen LogP) is 8.72. The maximum absolute atomic E-state index is 14.1. The van der Waals surface area contributed by atoms with Gasteiger partial charge in [0, 0.05) is 31.3 Å². The summed E-state index contributed by atoms with van der Waals surface area (Å²) in [6.45, 7) is 5.72. The first-order valence-corrected chi connectivity index (χ1v) is 18.3. The number of ether oxygens (including phenoxy) is 2. The van der Waals surface area contributed by atoms with Gasteiger partial charge in [-0.3, -0.25) is 19.2 Å². The van der Waals surface area contributed by atoms with Gasteiger partial charge in [0.15, 0.2) is 17.1 Å². The molecule has 0 radical (unpaired) electrons. The third kappa shape index (κ3) is 7.36. The standard InChI is InChI=1S/C41H36O6S2/c1-4-46-40(44)35(41(45)47-5-2)24-27-13-21-36-33(23-27)39(43)34-25-32(20-22-37(34)48-36)49(30-16-11-26(3)12-17-30)31-18-14-29(15-19-31)38(42)28-9-7-6-8-10-28/h6-23,25,35,49H,4-5,24H2,1-3H3. The summed E-state index contributed by atoms with van der Waals surface area (Å²) < 4.78 is 12.0. The Morgan fingerprint density at radius 3 is 1.80 bits per heavy atom. The Bertz CT molecular complexity index is 2190. The molecule has 1 unspecified atom stereocenters. The Hall–Kier alpha value is -5.05. The number of aryl methyl sites for hydroxylation is 1. The van der Waals surface area contributed by atoms with Gasteiger partial charge in [-0.2, -0.15) is 10.9 Å². The predicted molar refractivity (Wildman–Crippen MR) is 197 cm³/mol. The Balaban J connectivity index is 1.40. The zero-order chi connectivity index (χ0) is 34.5. The lowest BCUT2D eigenvalue weighted by molar-refractivity contribution is -0.161. The summed E-state index contributed by atoms with van der Waals surface area (Å²) in [7, 11) is -1.06. The van der Waals surface area contributed by atoms with Crippen LogP contribution >= 0.6 is 22.2 Å². The molecule has 0 saturated heterocycles. The SMILES string of the molecule is CCOC(=O)C(Cc1ccc2sc3ccc([SH](c4ccc(C)cc4)c4ccc(C(=O)c5ccccc5)cc4)cc3c(=O)c2c1)C(=O)OCC. The van der Waals surface area contributed by atoms with Crippen LogP contribution in [0.25, 0.3) is 20.2 Å². The number of hydrogen-bond acceptors (Lipinski definition) is 7. The van der Waals surface area contributed by atoms with E-state index in [1.807, 2.05) is 78.9 Å². The van der Waals surface area contributed by atoms with Crippen LogP contribution in [0.3, 0.4) is 0 Å². The highest BCUT2D eigenvalue weighted by atomic mass is 32.2. The molecule has 6 aromatic rings. The maximum Gasteiger partial charge on any atom is 0.320 e. The van der Waals surface area contributed by atoms with Gasteiger partial charge in [0.25, 0.3) is 0 Å². The van der Waals surface area contributed by atoms with Crippen LogP contribution in [-0.4, -0.2) is 30.9 Å². The van der Waals surface area contributed by atoms with Crippen LogP contribution in [0.15, 0.2) is 135 Å². The highest BCUT2D eigenvalue weighted by Crippen LogP contribution is 2.52. The molecule has 0 bridgehead atoms. The molecule has 5 aromatic carbocycles. The monoisotopic (exact) mass is 688 g/mol. The van der Waals surface area contributed by atoms with E-state index in [1.165, 1.54) is 11.3 Å². The molecule has 8 heteroatoms. The molecule has 0 amide bonds. The van der Waals surface area contributed by atoms with Gasteiger partial charge in [0.1, 0.15) is 0 Å². The maximum atomic E-state index is 14.1. The summed E-state index contributed by atoms with van der Waals surface area (Å²) in [6, 6.07) is 37.1. The van der Waals surface area contributed by atoms with E-state index in [4.69, 9.17) is 9.47 Å². The molecule has 0 aliphatic heterocycles. The fourth-order valence-corrected chi connectivity index (χ4v) is 9.10. The number of rotatable bonds is 11. The van der Waals surface area contributed by atoms with Crippen molar-refractivity contribution >= 4 is 60.1 Å². The first kappa shape index (κ1) is 33.8. The molecule has 0 spiro atoms. The number of hydrogen-bond donors (Lipinski definition) is 1. The molecule has 0 aliphatic rings. The molecule has 1 atom stereocenters. The van der Waals surface area contributed by atoms with E-state index in [1.54, 1.807) is 19.9 Å². The Morgan fingerprint density at radius 2 is 1.18 bits per heavy atom. The Morgan fingerprint density at radius 1 is 0.653 bits per heavy atom. The highest BCUT2D eigenvalue weighted by molar-refractivity contribution is 8.17. The minimum atomic E-state index is -1.12. The van der Waals surface area contributed by atoms with Gasteiger partial charge in [0.05, 0.1) is 13.2 Å². The van der Waals surface area contributed by atoms with Crippen molar-refractivity contribution in [2.75, 3.05) is 13.2 Å². The molecular formula is C41H36O6S2. The van der Waals surface area contributed by atoms with Crippen molar-refractivity contribution in [3.63, 3.8) is 0 Å². The molecule has 1 aromatic heterocycles. The summed E-state index contributed by atoms with van der Waals surface area (Å²) in [6.07, 6.45) is 0.0668. The number of thiol groups is 1. The third-order valence-corrected chi connectivity index (χ3v) is 11.8. The number of benzene rings is 5. The van der Waals surface area contributed by atoms with Gasteiger partial charge in [0.2, 0.25) is 0 Å². The van der Waals surface area contributed by atoms with E-state index in [9.17, 15) is 19.2 Å². The van der Waals surface area contributed by atoms with E-state index in [0.29, 0.717) is 27.5 Å². The summed E-state index contributed by atoms with van der Waals surface area (Å²) in [4.78, 5) is 55.8. The number of fused-ring (bicyclic) bond motifs is 2. The number of carbonyl (C=O) groups is 3. The van der Waals surface area contributed by atoms with Crippen molar-refractivity contribution in [1.82, 2.24) is 0 Å². The highest BCUT2D eigenvalue weighted by Gasteiger charge is 2.30. The van der Waals surface area contributed by atoms with E-state index in [-0.39, 0.29) is 30.8 Å². The molecule has 0 aliphatic carbocycles. The van der Waals surface area contributed by atoms with Crippen LogP contribution in [0.4, 0.5) is 0 Å². The molecule has 1 heterocycles. The van der Waals surface area contributed by atoms with Crippen molar-refractivity contribution in [2.45, 2.75) is 41.9 Å². The molecule has 6 rings (SSSR count). The van der Waals surface area contributed by atoms with Gasteiger partial charge in [-0.1, -0.05) is 54.1 Å². The normalized spacial score (nSPS) is 12.2. The van der Waals surface area contributed by atoms with E-state index in [2.05, 4.69) is 37.3 Å². The lowest BCUT2D eigenvalue weighted by atomic mass is 9.98. The first-order valence-electron chi connectivity index (χ1n) is 16.2. The molecular weight excluding hydrogens is 653 g/mol. The van der Waals surface area contributed by atoms with Crippen LogP contribution in [0.1, 0.15) is 40.9 Å². The topological polar surface area (TPSA) is 86.7 Å². The smallest absolute Gasteiger partial charge is 0.320 e. The summed E-state index contributed by atoms with van der Waals surface area (Å²) >= 11 is 1.53. The number of carbonyl (C=O) groups excluding carboxylic acids is 3. The van der Waals surface area contributed by atoms with Crippen LogP contribution in [0.5, 0.6) is 0 Å². The van der Waals surface area contributed by atoms with Crippen LogP contribution < -0.4 is 5.43 Å². The van der Waals surface area contributed by atoms with Crippen molar-refractivity contribution in [3.8, 4) is 0 Å². The largest absolute Gasteiger partial charge is 0.465 e. The fourth-order valence-electron chi connectivity index (χ4n) is 5.80. The van der Waals surface area contributed by atoms with Gasteiger partial charge < -0.3 is 9.47 Å². The summed E-state index contributed by atoms with van der Waals surface area (Å²) in [5.74, 6) is -2.43. The molecule has 0 N–H and O–H groups in total. The van der Waals surface area contributed by atoms with Gasteiger partial charge in [-0.05, 0) is 114 Å². The third-order valence-electron chi connectivity index (χ3n) is 8.27. The van der Waals surface area contributed by atoms with E-state index >= 15 is 0 Å². The van der Waals surface area contributed by atoms with E-state index < -0.39 is 28.8 Å². The van der Waals surface area contributed by atoms with Crippen LogP contribution in [0, 0.1) is 12.8 Å². The van der Waals surface area contributed by atoms with Crippen molar-refractivity contribution in [1.29, 1.82) is 0 Å². The molecule has 0 fully saturated rings. The number of esters is 2. The summed E-state index contributed by atoms with van der Waals surface area (Å²) in [5, 5.41) is 1.14. The minimum absolute atomic E-state index is 0.0305. The van der Waals surface area contributed by atoms with Crippen molar-refractivity contribution < 1.29 is 23.9 Å². The number of ketones is 1.